The standard InChI is InChI=1S/C21H11F5N8O2/c22-13-6-10(7-14(23)17(13)36-15-3-5-29-19(28)11(15)8-27)32-20(35)12-9-31-34(18(12)21(24,25)26)16-2-1-4-30-33-16/h1-7,9H,(H2,28,29)(H,32,35). The van der Waals surface area contributed by atoms with Crippen molar-refractivity contribution < 1.29 is 31.5 Å². The number of ether oxygens (including phenoxy) is 1. The molecule has 0 unspecified atom stereocenters. The van der Waals surface area contributed by atoms with Gasteiger partial charge in [0.2, 0.25) is 0 Å². The second-order valence-electron chi connectivity index (χ2n) is 6.90. The van der Waals surface area contributed by atoms with E-state index < -0.39 is 46.4 Å². The van der Waals surface area contributed by atoms with Crippen LogP contribution in [0.4, 0.5) is 33.5 Å². The average molecular weight is 502 g/mol. The molecule has 10 nitrogen and oxygen atoms in total. The highest BCUT2D eigenvalue weighted by molar-refractivity contribution is 6.05. The number of nitrogen functional groups attached to an aromatic ring is 1. The van der Waals surface area contributed by atoms with E-state index in [4.69, 9.17) is 15.7 Å². The van der Waals surface area contributed by atoms with Crippen molar-refractivity contribution in [2.24, 2.45) is 0 Å². The highest BCUT2D eigenvalue weighted by Gasteiger charge is 2.41. The molecule has 0 aliphatic rings. The molecule has 0 spiro atoms. The minimum atomic E-state index is -5.04. The second-order valence-corrected chi connectivity index (χ2v) is 6.90. The fourth-order valence-corrected chi connectivity index (χ4v) is 3.06. The number of nitrogens with two attached hydrogens (primary N) is 1. The maximum Gasteiger partial charge on any atom is 0.434 e. The van der Waals surface area contributed by atoms with Crippen LogP contribution in [0.25, 0.3) is 5.82 Å². The number of alkyl halides is 3. The summed E-state index contributed by atoms with van der Waals surface area (Å²) in [4.78, 5) is 16.3. The molecule has 4 rings (SSSR count). The van der Waals surface area contributed by atoms with E-state index in [1.54, 1.807) is 6.07 Å². The highest BCUT2D eigenvalue weighted by Crippen LogP contribution is 2.35. The molecule has 0 atom stereocenters. The Morgan fingerprint density at radius 3 is 2.50 bits per heavy atom. The summed E-state index contributed by atoms with van der Waals surface area (Å²) in [7, 11) is 0. The Kier molecular flexibility index (Phi) is 6.17. The van der Waals surface area contributed by atoms with Crippen LogP contribution in [0.3, 0.4) is 0 Å². The SMILES string of the molecule is N#Cc1c(Oc2c(F)cc(NC(=O)c3cnn(-c4cccnn4)c3C(F)(F)F)cc2F)ccnc1N. The van der Waals surface area contributed by atoms with Gasteiger partial charge in [-0.2, -0.15) is 28.6 Å². The van der Waals surface area contributed by atoms with Gasteiger partial charge < -0.3 is 15.8 Å². The van der Waals surface area contributed by atoms with Crippen LogP contribution in [0.5, 0.6) is 11.5 Å². The fourth-order valence-electron chi connectivity index (χ4n) is 3.06. The minimum absolute atomic E-state index is 0.234. The number of benzene rings is 1. The quantitative estimate of drug-likeness (QED) is 0.392. The number of anilines is 2. The average Bonchev–Trinajstić information content (AvgIpc) is 3.28. The molecular formula is C21H11F5N8O2. The first-order chi connectivity index (χ1) is 17.1. The summed E-state index contributed by atoms with van der Waals surface area (Å²) in [6.07, 6.45) is -2.03. The third kappa shape index (κ3) is 4.59. The molecule has 36 heavy (non-hydrogen) atoms. The Hall–Kier alpha value is -5.13. The number of amides is 1. The van der Waals surface area contributed by atoms with Crippen molar-refractivity contribution in [3.63, 3.8) is 0 Å². The molecule has 3 heterocycles. The van der Waals surface area contributed by atoms with Gasteiger partial charge in [0.25, 0.3) is 5.91 Å². The van der Waals surface area contributed by atoms with Crippen LogP contribution in [-0.4, -0.2) is 30.9 Å². The lowest BCUT2D eigenvalue weighted by Crippen LogP contribution is -2.21. The molecule has 0 saturated carbocycles. The molecule has 0 fully saturated rings. The van der Waals surface area contributed by atoms with Gasteiger partial charge in [0, 0.05) is 36.3 Å². The number of nitrogens with zero attached hydrogens (tertiary/aromatic N) is 6. The number of halogens is 5. The Morgan fingerprint density at radius 1 is 1.17 bits per heavy atom. The number of carbonyl (C=O) groups excluding carboxylic acids is 1. The summed E-state index contributed by atoms with van der Waals surface area (Å²) < 4.78 is 76.0. The number of carbonyl (C=O) groups is 1. The largest absolute Gasteiger partial charge is 0.450 e. The van der Waals surface area contributed by atoms with Gasteiger partial charge in [0.1, 0.15) is 17.5 Å². The lowest BCUT2D eigenvalue weighted by Gasteiger charge is -2.13. The van der Waals surface area contributed by atoms with Gasteiger partial charge in [-0.05, 0) is 12.1 Å². The van der Waals surface area contributed by atoms with Crippen LogP contribution in [0, 0.1) is 23.0 Å². The van der Waals surface area contributed by atoms with Crippen molar-refractivity contribution in [1.82, 2.24) is 25.0 Å². The van der Waals surface area contributed by atoms with E-state index in [1.807, 2.05) is 5.32 Å². The summed E-state index contributed by atoms with van der Waals surface area (Å²) in [6, 6.07) is 6.58. The number of pyridine rings is 1. The molecule has 0 radical (unpaired) electrons. The van der Waals surface area contributed by atoms with E-state index in [-0.39, 0.29) is 22.9 Å². The Balaban J connectivity index is 1.64. The molecule has 1 amide bonds. The van der Waals surface area contributed by atoms with Gasteiger partial charge in [-0.3, -0.25) is 4.79 Å². The van der Waals surface area contributed by atoms with Gasteiger partial charge in [-0.25, -0.2) is 18.4 Å². The summed E-state index contributed by atoms with van der Waals surface area (Å²) in [6.45, 7) is 0. The van der Waals surface area contributed by atoms with Crippen LogP contribution >= 0.6 is 0 Å². The van der Waals surface area contributed by atoms with Crippen molar-refractivity contribution in [3.05, 3.63) is 77.4 Å². The van der Waals surface area contributed by atoms with Crippen molar-refractivity contribution in [3.8, 4) is 23.4 Å². The van der Waals surface area contributed by atoms with Gasteiger partial charge in [0.15, 0.2) is 34.6 Å². The van der Waals surface area contributed by atoms with E-state index in [0.29, 0.717) is 23.0 Å². The molecule has 0 aliphatic carbocycles. The molecule has 3 N–H and O–H groups in total. The van der Waals surface area contributed by atoms with Crippen LogP contribution < -0.4 is 15.8 Å². The number of hydrogen-bond donors (Lipinski definition) is 2. The van der Waals surface area contributed by atoms with Crippen molar-refractivity contribution in [1.29, 1.82) is 5.26 Å². The number of hydrogen-bond acceptors (Lipinski definition) is 8. The van der Waals surface area contributed by atoms with E-state index >= 15 is 0 Å². The predicted octanol–water partition coefficient (Wildman–Crippen LogP) is 3.85. The zero-order valence-corrected chi connectivity index (χ0v) is 17.6. The minimum Gasteiger partial charge on any atom is -0.450 e. The summed E-state index contributed by atoms with van der Waals surface area (Å²) >= 11 is 0. The molecule has 15 heteroatoms. The van der Waals surface area contributed by atoms with Crippen LogP contribution in [0.2, 0.25) is 0 Å². The highest BCUT2D eigenvalue weighted by atomic mass is 19.4. The van der Waals surface area contributed by atoms with Crippen molar-refractivity contribution in [2.45, 2.75) is 6.18 Å². The third-order valence-electron chi connectivity index (χ3n) is 4.58. The topological polar surface area (TPSA) is 145 Å². The zero-order valence-electron chi connectivity index (χ0n) is 17.6. The number of nitriles is 1. The second kappa shape index (κ2) is 9.25. The molecule has 0 bridgehead atoms. The first kappa shape index (κ1) is 24.0. The molecule has 0 aliphatic heterocycles. The summed E-state index contributed by atoms with van der Waals surface area (Å²) in [5, 5.41) is 21.7. The number of aromatic nitrogens is 5. The summed E-state index contributed by atoms with van der Waals surface area (Å²) in [5.74, 6) is -5.77. The fraction of sp³-hybridized carbons (Fsp3) is 0.0476. The molecule has 1 aromatic carbocycles. The molecular weight excluding hydrogens is 491 g/mol. The predicted molar refractivity (Wildman–Crippen MR) is 112 cm³/mol. The van der Waals surface area contributed by atoms with E-state index in [2.05, 4.69) is 20.3 Å². The monoisotopic (exact) mass is 502 g/mol. The van der Waals surface area contributed by atoms with Crippen LogP contribution in [0.15, 0.2) is 48.9 Å². The van der Waals surface area contributed by atoms with E-state index in [0.717, 1.165) is 12.3 Å². The van der Waals surface area contributed by atoms with Crippen LogP contribution in [0.1, 0.15) is 21.6 Å². The molecule has 0 saturated heterocycles. The van der Waals surface area contributed by atoms with Gasteiger partial charge in [-0.1, -0.05) is 0 Å². The van der Waals surface area contributed by atoms with Crippen LogP contribution in [-0.2, 0) is 6.18 Å². The lowest BCUT2D eigenvalue weighted by atomic mass is 10.2. The van der Waals surface area contributed by atoms with Gasteiger partial charge in [0.05, 0.1) is 11.8 Å². The third-order valence-corrected chi connectivity index (χ3v) is 4.58. The Labute approximate surface area is 197 Å². The van der Waals surface area contributed by atoms with Crippen molar-refractivity contribution >= 4 is 17.4 Å². The Morgan fingerprint density at radius 2 is 1.89 bits per heavy atom. The lowest BCUT2D eigenvalue weighted by molar-refractivity contribution is -0.143. The zero-order chi connectivity index (χ0) is 26.0. The Bertz CT molecular complexity index is 1480. The van der Waals surface area contributed by atoms with Gasteiger partial charge in [-0.15, -0.1) is 5.10 Å². The molecule has 3 aromatic heterocycles. The summed E-state index contributed by atoms with van der Waals surface area (Å²) in [5.41, 5.74) is 2.35. The molecule has 4 aromatic rings. The van der Waals surface area contributed by atoms with Crippen molar-refractivity contribution in [2.75, 3.05) is 11.1 Å². The first-order valence-corrected chi connectivity index (χ1v) is 9.66. The molecule has 182 valence electrons. The maximum absolute atomic E-state index is 14.6. The van der Waals surface area contributed by atoms with E-state index in [9.17, 15) is 26.7 Å². The number of nitrogens with one attached hydrogen (secondary N) is 1. The smallest absolute Gasteiger partial charge is 0.434 e. The maximum atomic E-state index is 14.6. The first-order valence-electron chi connectivity index (χ1n) is 9.66. The number of rotatable bonds is 5. The van der Waals surface area contributed by atoms with E-state index in [1.165, 1.54) is 18.3 Å². The normalized spacial score (nSPS) is 11.1. The van der Waals surface area contributed by atoms with Gasteiger partial charge >= 0.3 is 6.18 Å².